The number of carbonyl (C=O) groups is 2. The lowest BCUT2D eigenvalue weighted by atomic mass is 9.90. The SMILES string of the molecule is CC1(N2CCC(=O)C2=O)CCOCC1. The quantitative estimate of drug-likeness (QED) is 0.570. The van der Waals surface area contributed by atoms with Crippen molar-refractivity contribution in [3.05, 3.63) is 0 Å². The van der Waals surface area contributed by atoms with Crippen molar-refractivity contribution in [3.63, 3.8) is 0 Å². The van der Waals surface area contributed by atoms with E-state index in [9.17, 15) is 9.59 Å². The predicted molar refractivity (Wildman–Crippen MR) is 49.8 cm³/mol. The first-order valence-electron chi connectivity index (χ1n) is 5.06. The molecule has 0 bridgehead atoms. The van der Waals surface area contributed by atoms with Crippen LogP contribution in [0.4, 0.5) is 0 Å². The zero-order valence-electron chi connectivity index (χ0n) is 8.41. The average molecular weight is 197 g/mol. The van der Waals surface area contributed by atoms with E-state index in [1.165, 1.54) is 0 Å². The molecule has 78 valence electrons. The van der Waals surface area contributed by atoms with Crippen LogP contribution in [0.1, 0.15) is 26.2 Å². The molecule has 2 rings (SSSR count). The molecule has 4 nitrogen and oxygen atoms in total. The van der Waals surface area contributed by atoms with Gasteiger partial charge in [0.15, 0.2) is 0 Å². The minimum absolute atomic E-state index is 0.151. The van der Waals surface area contributed by atoms with E-state index in [1.54, 1.807) is 4.90 Å². The van der Waals surface area contributed by atoms with E-state index in [0.29, 0.717) is 26.2 Å². The van der Waals surface area contributed by atoms with E-state index in [0.717, 1.165) is 12.8 Å². The minimum Gasteiger partial charge on any atom is -0.381 e. The largest absolute Gasteiger partial charge is 0.381 e. The molecule has 0 aromatic heterocycles. The third-order valence-electron chi connectivity index (χ3n) is 3.27. The normalized spacial score (nSPS) is 27.1. The minimum atomic E-state index is -0.297. The van der Waals surface area contributed by atoms with Crippen LogP contribution in [0.25, 0.3) is 0 Å². The van der Waals surface area contributed by atoms with Crippen LogP contribution in [0.3, 0.4) is 0 Å². The fourth-order valence-corrected chi connectivity index (χ4v) is 2.17. The predicted octanol–water partition coefficient (Wildman–Crippen LogP) is 0.357. The van der Waals surface area contributed by atoms with Gasteiger partial charge in [-0.25, -0.2) is 0 Å². The standard InChI is InChI=1S/C10H15NO3/c1-10(3-6-14-7-4-10)11-5-2-8(12)9(11)13/h2-7H2,1H3. The van der Waals surface area contributed by atoms with Crippen LogP contribution in [0.15, 0.2) is 0 Å². The summed E-state index contributed by atoms with van der Waals surface area (Å²) in [5.74, 6) is -0.535. The van der Waals surface area contributed by atoms with Crippen molar-refractivity contribution in [2.24, 2.45) is 0 Å². The molecule has 0 aromatic rings. The summed E-state index contributed by atoms with van der Waals surface area (Å²) in [6, 6.07) is 0. The van der Waals surface area contributed by atoms with Gasteiger partial charge in [-0.3, -0.25) is 9.59 Å². The molecule has 0 saturated carbocycles. The number of likely N-dealkylation sites (tertiary alicyclic amines) is 1. The zero-order valence-corrected chi connectivity index (χ0v) is 8.41. The van der Waals surface area contributed by atoms with E-state index in [2.05, 4.69) is 0 Å². The van der Waals surface area contributed by atoms with Gasteiger partial charge in [0, 0.05) is 31.7 Å². The Bertz CT molecular complexity index is 269. The summed E-state index contributed by atoms with van der Waals surface area (Å²) in [4.78, 5) is 24.4. The van der Waals surface area contributed by atoms with Gasteiger partial charge >= 0.3 is 0 Å². The number of rotatable bonds is 1. The van der Waals surface area contributed by atoms with Crippen LogP contribution in [-0.2, 0) is 14.3 Å². The van der Waals surface area contributed by atoms with Crippen LogP contribution in [0.5, 0.6) is 0 Å². The molecule has 0 N–H and O–H groups in total. The van der Waals surface area contributed by atoms with Gasteiger partial charge in [-0.05, 0) is 19.8 Å². The van der Waals surface area contributed by atoms with E-state index in [4.69, 9.17) is 4.74 Å². The molecule has 14 heavy (non-hydrogen) atoms. The number of amides is 1. The molecule has 2 aliphatic rings. The van der Waals surface area contributed by atoms with E-state index in [-0.39, 0.29) is 17.2 Å². The number of hydrogen-bond acceptors (Lipinski definition) is 3. The number of ether oxygens (including phenoxy) is 1. The van der Waals surface area contributed by atoms with Crippen molar-refractivity contribution in [3.8, 4) is 0 Å². The van der Waals surface area contributed by atoms with Gasteiger partial charge in [-0.2, -0.15) is 0 Å². The Labute approximate surface area is 83.2 Å². The Balaban J connectivity index is 2.13. The van der Waals surface area contributed by atoms with Gasteiger partial charge < -0.3 is 9.64 Å². The van der Waals surface area contributed by atoms with E-state index < -0.39 is 0 Å². The number of carbonyl (C=O) groups excluding carboxylic acids is 2. The van der Waals surface area contributed by atoms with Gasteiger partial charge in [-0.15, -0.1) is 0 Å². The summed E-state index contributed by atoms with van der Waals surface area (Å²) in [5.41, 5.74) is -0.151. The first-order chi connectivity index (χ1) is 6.63. The molecule has 0 radical (unpaired) electrons. The molecular formula is C10H15NO3. The first-order valence-corrected chi connectivity index (χ1v) is 5.06. The van der Waals surface area contributed by atoms with Gasteiger partial charge in [0.2, 0.25) is 5.78 Å². The second-order valence-corrected chi connectivity index (χ2v) is 4.24. The van der Waals surface area contributed by atoms with Crippen molar-refractivity contribution in [1.29, 1.82) is 0 Å². The van der Waals surface area contributed by atoms with Gasteiger partial charge in [-0.1, -0.05) is 0 Å². The number of hydrogen-bond donors (Lipinski definition) is 0. The summed E-state index contributed by atoms with van der Waals surface area (Å²) in [6.07, 6.45) is 2.06. The average Bonchev–Trinajstić information content (AvgIpc) is 2.49. The lowest BCUT2D eigenvalue weighted by Gasteiger charge is -2.41. The van der Waals surface area contributed by atoms with E-state index >= 15 is 0 Å². The lowest BCUT2D eigenvalue weighted by Crippen LogP contribution is -2.51. The topological polar surface area (TPSA) is 46.6 Å². The molecule has 2 heterocycles. The van der Waals surface area contributed by atoms with Crippen LogP contribution >= 0.6 is 0 Å². The smallest absolute Gasteiger partial charge is 0.290 e. The van der Waals surface area contributed by atoms with Gasteiger partial charge in [0.25, 0.3) is 5.91 Å². The summed E-state index contributed by atoms with van der Waals surface area (Å²) < 4.78 is 5.26. The fraction of sp³-hybridized carbons (Fsp3) is 0.800. The number of nitrogens with zero attached hydrogens (tertiary/aromatic N) is 1. The fourth-order valence-electron chi connectivity index (χ4n) is 2.17. The third kappa shape index (κ3) is 1.43. The van der Waals surface area contributed by atoms with Crippen LogP contribution in [0, 0.1) is 0 Å². The second kappa shape index (κ2) is 3.35. The molecule has 0 aliphatic carbocycles. The van der Waals surface area contributed by atoms with Crippen molar-refractivity contribution in [2.45, 2.75) is 31.7 Å². The van der Waals surface area contributed by atoms with Crippen molar-refractivity contribution in [1.82, 2.24) is 4.90 Å². The molecule has 4 heteroatoms. The Kier molecular flexibility index (Phi) is 2.31. The Morgan fingerprint density at radius 3 is 2.43 bits per heavy atom. The molecule has 0 spiro atoms. The highest BCUT2D eigenvalue weighted by Gasteiger charge is 2.42. The summed E-state index contributed by atoms with van der Waals surface area (Å²) in [5, 5.41) is 0. The van der Waals surface area contributed by atoms with Crippen LogP contribution in [0.2, 0.25) is 0 Å². The summed E-state index contributed by atoms with van der Waals surface area (Å²) >= 11 is 0. The lowest BCUT2D eigenvalue weighted by molar-refractivity contribution is -0.145. The van der Waals surface area contributed by atoms with Crippen LogP contribution in [-0.4, -0.2) is 41.9 Å². The molecule has 2 aliphatic heterocycles. The molecular weight excluding hydrogens is 182 g/mol. The molecule has 2 saturated heterocycles. The number of Topliss-reactive ketones (excluding diaryl/α,β-unsaturated/α-hetero) is 1. The van der Waals surface area contributed by atoms with Crippen molar-refractivity contribution in [2.75, 3.05) is 19.8 Å². The van der Waals surface area contributed by atoms with Gasteiger partial charge in [0.05, 0.1) is 0 Å². The third-order valence-corrected chi connectivity index (χ3v) is 3.27. The highest BCUT2D eigenvalue weighted by Crippen LogP contribution is 2.30. The monoisotopic (exact) mass is 197 g/mol. The van der Waals surface area contributed by atoms with Crippen molar-refractivity contribution >= 4 is 11.7 Å². The Morgan fingerprint density at radius 2 is 1.93 bits per heavy atom. The first kappa shape index (κ1) is 9.65. The molecule has 0 unspecified atom stereocenters. The highest BCUT2D eigenvalue weighted by atomic mass is 16.5. The summed E-state index contributed by atoms with van der Waals surface area (Å²) in [7, 11) is 0. The molecule has 2 fully saturated rings. The maximum absolute atomic E-state index is 11.5. The Morgan fingerprint density at radius 1 is 1.29 bits per heavy atom. The second-order valence-electron chi connectivity index (χ2n) is 4.24. The summed E-state index contributed by atoms with van der Waals surface area (Å²) in [6.45, 7) is 4.02. The Hall–Kier alpha value is -0.900. The molecule has 0 aromatic carbocycles. The number of ketones is 1. The maximum atomic E-state index is 11.5. The van der Waals surface area contributed by atoms with Gasteiger partial charge in [0.1, 0.15) is 0 Å². The van der Waals surface area contributed by atoms with Crippen LogP contribution < -0.4 is 0 Å². The highest BCUT2D eigenvalue weighted by molar-refractivity contribution is 6.38. The zero-order chi connectivity index (χ0) is 10.2. The maximum Gasteiger partial charge on any atom is 0.290 e. The van der Waals surface area contributed by atoms with E-state index in [1.807, 2.05) is 6.92 Å². The molecule has 0 atom stereocenters. The molecule has 1 amide bonds. The van der Waals surface area contributed by atoms with Crippen molar-refractivity contribution < 1.29 is 14.3 Å².